The summed E-state index contributed by atoms with van der Waals surface area (Å²) in [4.78, 5) is 22.5. The Bertz CT molecular complexity index is 745. The lowest BCUT2D eigenvalue weighted by molar-refractivity contribution is -0.385. The van der Waals surface area contributed by atoms with Gasteiger partial charge in [-0.1, -0.05) is 11.6 Å². The van der Waals surface area contributed by atoms with Crippen LogP contribution in [0.3, 0.4) is 0 Å². The van der Waals surface area contributed by atoms with E-state index in [9.17, 15) is 14.9 Å². The number of nitrogens with zero attached hydrogens (tertiary/aromatic N) is 1. The fourth-order valence-electron chi connectivity index (χ4n) is 2.14. The number of hydrogen-bond acceptors (Lipinski definition) is 4. The van der Waals surface area contributed by atoms with E-state index >= 15 is 0 Å². The van der Waals surface area contributed by atoms with Crippen LogP contribution in [0.1, 0.15) is 11.1 Å². The number of rotatable bonds is 5. The van der Waals surface area contributed by atoms with E-state index in [1.54, 1.807) is 37.3 Å². The second kappa shape index (κ2) is 7.11. The van der Waals surface area contributed by atoms with Gasteiger partial charge in [0.05, 0.1) is 11.5 Å². The van der Waals surface area contributed by atoms with Gasteiger partial charge in [-0.05, 0) is 49.7 Å². The highest BCUT2D eigenvalue weighted by atomic mass is 35.5. The third-order valence-corrected chi connectivity index (χ3v) is 3.56. The Kier molecular flexibility index (Phi) is 5.18. The highest BCUT2D eigenvalue weighted by Crippen LogP contribution is 2.26. The van der Waals surface area contributed by atoms with Crippen molar-refractivity contribution in [1.82, 2.24) is 0 Å². The van der Waals surface area contributed by atoms with Crippen LogP contribution in [0.25, 0.3) is 0 Å². The highest BCUT2D eigenvalue weighted by molar-refractivity contribution is 6.30. The highest BCUT2D eigenvalue weighted by Gasteiger charge is 2.14. The first-order valence-corrected chi connectivity index (χ1v) is 7.29. The van der Waals surface area contributed by atoms with Gasteiger partial charge in [0.15, 0.2) is 0 Å². The molecule has 0 aliphatic heterocycles. The smallest absolute Gasteiger partial charge is 0.274 e. The molecule has 2 rings (SSSR count). The first kappa shape index (κ1) is 16.8. The van der Waals surface area contributed by atoms with Gasteiger partial charge in [-0.3, -0.25) is 14.9 Å². The molecule has 1 amide bonds. The first-order chi connectivity index (χ1) is 10.9. The first-order valence-electron chi connectivity index (χ1n) is 6.92. The molecule has 23 heavy (non-hydrogen) atoms. The Morgan fingerprint density at radius 1 is 1.17 bits per heavy atom. The summed E-state index contributed by atoms with van der Waals surface area (Å²) in [5.74, 6) is -0.255. The maximum atomic E-state index is 11.9. The second-order valence-electron chi connectivity index (χ2n) is 5.12. The molecule has 7 heteroatoms. The van der Waals surface area contributed by atoms with Crippen molar-refractivity contribution in [3.05, 3.63) is 62.7 Å². The normalized spacial score (nSPS) is 10.2. The lowest BCUT2D eigenvalue weighted by Gasteiger charge is -2.11. The summed E-state index contributed by atoms with van der Waals surface area (Å²) in [5, 5.41) is 17.2. The number of aryl methyl sites for hydroxylation is 2. The molecular weight excluding hydrogens is 318 g/mol. The average molecular weight is 334 g/mol. The number of nitro groups is 1. The van der Waals surface area contributed by atoms with Gasteiger partial charge in [-0.25, -0.2) is 0 Å². The Morgan fingerprint density at radius 3 is 2.43 bits per heavy atom. The summed E-state index contributed by atoms with van der Waals surface area (Å²) in [5.41, 5.74) is 2.65. The fourth-order valence-corrected chi connectivity index (χ4v) is 2.27. The lowest BCUT2D eigenvalue weighted by atomic mass is 10.1. The largest absolute Gasteiger partial charge is 0.376 e. The minimum absolute atomic E-state index is 0.00365. The van der Waals surface area contributed by atoms with Crippen LogP contribution in [-0.2, 0) is 4.79 Å². The third-order valence-electron chi connectivity index (χ3n) is 3.31. The summed E-state index contributed by atoms with van der Waals surface area (Å²) >= 11 is 5.78. The SMILES string of the molecule is Cc1cc(C)c([N+](=O)[O-])cc1NCC(=O)Nc1ccc(Cl)cc1. The number of benzene rings is 2. The number of carbonyl (C=O) groups is 1. The summed E-state index contributed by atoms with van der Waals surface area (Å²) in [6, 6.07) is 9.92. The van der Waals surface area contributed by atoms with Crippen molar-refractivity contribution in [1.29, 1.82) is 0 Å². The van der Waals surface area contributed by atoms with Crippen LogP contribution in [0.4, 0.5) is 17.1 Å². The summed E-state index contributed by atoms with van der Waals surface area (Å²) in [6.45, 7) is 3.52. The van der Waals surface area contributed by atoms with Gasteiger partial charge < -0.3 is 10.6 Å². The molecular formula is C16H16ClN3O3. The molecule has 120 valence electrons. The molecule has 0 heterocycles. The van der Waals surface area contributed by atoms with E-state index in [1.807, 2.05) is 6.92 Å². The Labute approximate surface area is 138 Å². The van der Waals surface area contributed by atoms with E-state index in [0.717, 1.165) is 5.56 Å². The van der Waals surface area contributed by atoms with E-state index in [0.29, 0.717) is 22.0 Å². The molecule has 0 unspecified atom stereocenters. The monoisotopic (exact) mass is 333 g/mol. The quantitative estimate of drug-likeness (QED) is 0.641. The van der Waals surface area contributed by atoms with Gasteiger partial charge in [0, 0.05) is 28.0 Å². The molecule has 0 spiro atoms. The molecule has 2 aromatic rings. The fraction of sp³-hybridized carbons (Fsp3) is 0.188. The van der Waals surface area contributed by atoms with Gasteiger partial charge >= 0.3 is 0 Å². The molecule has 0 aliphatic rings. The molecule has 0 bridgehead atoms. The summed E-state index contributed by atoms with van der Waals surface area (Å²) < 4.78 is 0. The Hall–Kier alpha value is -2.60. The lowest BCUT2D eigenvalue weighted by Crippen LogP contribution is -2.22. The molecule has 0 radical (unpaired) electrons. The second-order valence-corrected chi connectivity index (χ2v) is 5.56. The number of amides is 1. The molecule has 0 saturated heterocycles. The van der Waals surface area contributed by atoms with Crippen LogP contribution < -0.4 is 10.6 Å². The molecule has 0 atom stereocenters. The predicted molar refractivity (Wildman–Crippen MR) is 91.1 cm³/mol. The predicted octanol–water partition coefficient (Wildman–Crippen LogP) is 3.92. The van der Waals surface area contributed by atoms with Crippen LogP contribution in [-0.4, -0.2) is 17.4 Å². The van der Waals surface area contributed by atoms with Crippen LogP contribution in [0.15, 0.2) is 36.4 Å². The number of hydrogen-bond donors (Lipinski definition) is 2. The van der Waals surface area contributed by atoms with Crippen molar-refractivity contribution in [3.63, 3.8) is 0 Å². The van der Waals surface area contributed by atoms with Crippen molar-refractivity contribution in [2.24, 2.45) is 0 Å². The van der Waals surface area contributed by atoms with Gasteiger partial charge in [0.1, 0.15) is 0 Å². The molecule has 0 saturated carbocycles. The van der Waals surface area contributed by atoms with Gasteiger partial charge in [0.25, 0.3) is 5.69 Å². The number of nitrogens with one attached hydrogen (secondary N) is 2. The Balaban J connectivity index is 2.02. The molecule has 2 aromatic carbocycles. The van der Waals surface area contributed by atoms with E-state index in [4.69, 9.17) is 11.6 Å². The Morgan fingerprint density at radius 2 is 1.83 bits per heavy atom. The van der Waals surface area contributed by atoms with Crippen LogP contribution >= 0.6 is 11.6 Å². The van der Waals surface area contributed by atoms with E-state index in [-0.39, 0.29) is 18.1 Å². The van der Waals surface area contributed by atoms with Gasteiger partial charge in [0.2, 0.25) is 5.91 Å². The standard InChI is InChI=1S/C16H16ClN3O3/c1-10-7-11(2)15(20(22)23)8-14(10)18-9-16(21)19-13-5-3-12(17)4-6-13/h3-8,18H,9H2,1-2H3,(H,19,21). The van der Waals surface area contributed by atoms with Crippen molar-refractivity contribution >= 4 is 34.6 Å². The van der Waals surface area contributed by atoms with Crippen molar-refractivity contribution in [3.8, 4) is 0 Å². The molecule has 0 aliphatic carbocycles. The average Bonchev–Trinajstić information content (AvgIpc) is 2.48. The molecule has 0 fully saturated rings. The maximum absolute atomic E-state index is 11.9. The molecule has 0 aromatic heterocycles. The van der Waals surface area contributed by atoms with E-state index in [1.165, 1.54) is 6.07 Å². The zero-order valence-corrected chi connectivity index (χ0v) is 13.5. The number of anilines is 2. The van der Waals surface area contributed by atoms with Gasteiger partial charge in [-0.2, -0.15) is 0 Å². The zero-order valence-electron chi connectivity index (χ0n) is 12.7. The minimum Gasteiger partial charge on any atom is -0.376 e. The van der Waals surface area contributed by atoms with E-state index in [2.05, 4.69) is 10.6 Å². The molecule has 2 N–H and O–H groups in total. The van der Waals surface area contributed by atoms with Crippen LogP contribution in [0, 0.1) is 24.0 Å². The minimum atomic E-state index is -0.437. The van der Waals surface area contributed by atoms with Crippen molar-refractivity contribution in [2.45, 2.75) is 13.8 Å². The third kappa shape index (κ3) is 4.43. The number of halogens is 1. The van der Waals surface area contributed by atoms with Crippen LogP contribution in [0.2, 0.25) is 5.02 Å². The summed E-state index contributed by atoms with van der Waals surface area (Å²) in [6.07, 6.45) is 0. The summed E-state index contributed by atoms with van der Waals surface area (Å²) in [7, 11) is 0. The van der Waals surface area contributed by atoms with Crippen molar-refractivity contribution < 1.29 is 9.72 Å². The molecule has 6 nitrogen and oxygen atoms in total. The van der Waals surface area contributed by atoms with Gasteiger partial charge in [-0.15, -0.1) is 0 Å². The van der Waals surface area contributed by atoms with E-state index < -0.39 is 4.92 Å². The van der Waals surface area contributed by atoms with Crippen LogP contribution in [0.5, 0.6) is 0 Å². The topological polar surface area (TPSA) is 84.3 Å². The maximum Gasteiger partial charge on any atom is 0.274 e. The van der Waals surface area contributed by atoms with Crippen molar-refractivity contribution in [2.75, 3.05) is 17.2 Å². The number of carbonyl (C=O) groups excluding carboxylic acids is 1. The zero-order chi connectivity index (χ0) is 17.0. The number of nitro benzene ring substituents is 1.